The van der Waals surface area contributed by atoms with Gasteiger partial charge in [-0.1, -0.05) is 6.07 Å². The average molecular weight is 467 g/mol. The van der Waals surface area contributed by atoms with Gasteiger partial charge in [-0.2, -0.15) is 0 Å². The summed E-state index contributed by atoms with van der Waals surface area (Å²) in [6, 6.07) is 4.82. The normalized spacial score (nSPS) is 27.7. The number of aliphatic hydroxyl groups excluding tert-OH is 4. The van der Waals surface area contributed by atoms with E-state index < -0.39 is 43.1 Å². The minimum atomic E-state index is -1.56. The van der Waals surface area contributed by atoms with E-state index in [1.165, 1.54) is 6.07 Å². The van der Waals surface area contributed by atoms with Gasteiger partial charge in [0.25, 0.3) is 0 Å². The van der Waals surface area contributed by atoms with Crippen molar-refractivity contribution in [1.29, 1.82) is 0 Å². The number of benzene rings is 1. The van der Waals surface area contributed by atoms with Crippen molar-refractivity contribution < 1.29 is 39.0 Å². The number of rotatable bonds is 8. The van der Waals surface area contributed by atoms with Crippen LogP contribution in [-0.2, 0) is 11.2 Å². The molecule has 0 spiro atoms. The van der Waals surface area contributed by atoms with Gasteiger partial charge in [0.05, 0.1) is 12.7 Å². The molecule has 0 bridgehead atoms. The first-order chi connectivity index (χ1) is 15.7. The number of ether oxygens (including phenoxy) is 3. The second-order valence-electron chi connectivity index (χ2n) is 8.98. The third-order valence-corrected chi connectivity index (χ3v) is 6.00. The third-order valence-electron chi connectivity index (χ3n) is 6.00. The van der Waals surface area contributed by atoms with E-state index in [4.69, 9.17) is 14.2 Å². The molecule has 33 heavy (non-hydrogen) atoms. The van der Waals surface area contributed by atoms with Gasteiger partial charge in [-0.15, -0.1) is 5.10 Å². The fourth-order valence-electron chi connectivity index (χ4n) is 3.92. The van der Waals surface area contributed by atoms with Crippen molar-refractivity contribution in [3.05, 3.63) is 40.8 Å². The first kappa shape index (κ1) is 23.9. The number of aromatic nitrogens is 2. The molecular formula is C23H31FN2O7. The van der Waals surface area contributed by atoms with E-state index in [9.17, 15) is 24.8 Å². The van der Waals surface area contributed by atoms with E-state index in [0.717, 1.165) is 18.5 Å². The molecule has 1 aliphatic heterocycles. The van der Waals surface area contributed by atoms with Crippen LogP contribution in [0.1, 0.15) is 49.6 Å². The molecule has 5 atom stereocenters. The number of hydrogen-bond donors (Lipinski definition) is 4. The van der Waals surface area contributed by atoms with Gasteiger partial charge in [0.2, 0.25) is 12.2 Å². The first-order valence-electron chi connectivity index (χ1n) is 11.2. The van der Waals surface area contributed by atoms with Crippen LogP contribution in [0.3, 0.4) is 0 Å². The lowest BCUT2D eigenvalue weighted by Crippen LogP contribution is -2.60. The predicted octanol–water partition coefficient (Wildman–Crippen LogP) is 1.22. The van der Waals surface area contributed by atoms with Gasteiger partial charge in [0.1, 0.15) is 24.4 Å². The highest BCUT2D eigenvalue weighted by Crippen LogP contribution is 2.33. The van der Waals surface area contributed by atoms with Crippen LogP contribution in [0.2, 0.25) is 0 Å². The summed E-state index contributed by atoms with van der Waals surface area (Å²) >= 11 is 0. The zero-order chi connectivity index (χ0) is 23.9. The maximum Gasteiger partial charge on any atom is 0.239 e. The molecule has 1 saturated carbocycles. The molecular weight excluding hydrogens is 435 g/mol. The number of hydrogen-bond acceptors (Lipinski definition) is 8. The Balaban J connectivity index is 1.60. The van der Waals surface area contributed by atoms with Gasteiger partial charge in [-0.05, 0) is 51.3 Å². The number of halogens is 1. The molecule has 4 N–H and O–H groups in total. The van der Waals surface area contributed by atoms with Crippen LogP contribution >= 0.6 is 0 Å². The maximum atomic E-state index is 14.6. The summed E-state index contributed by atoms with van der Waals surface area (Å²) < 4.78 is 33.2. The van der Waals surface area contributed by atoms with Crippen LogP contribution in [0.5, 0.6) is 11.6 Å². The maximum absolute atomic E-state index is 14.6. The van der Waals surface area contributed by atoms with Gasteiger partial charge in [-0.25, -0.2) is 4.39 Å². The lowest BCUT2D eigenvalue weighted by atomic mass is 9.99. The Hall–Kier alpha value is -2.24. The van der Waals surface area contributed by atoms with Crippen molar-refractivity contribution in [2.45, 2.75) is 82.9 Å². The zero-order valence-corrected chi connectivity index (χ0v) is 18.9. The summed E-state index contributed by atoms with van der Waals surface area (Å²) in [5.74, 6) is -0.0532. The molecule has 2 aliphatic rings. The molecule has 1 aromatic heterocycles. The molecule has 2 fully saturated rings. The van der Waals surface area contributed by atoms with E-state index in [0.29, 0.717) is 17.5 Å². The quantitative estimate of drug-likeness (QED) is 0.458. The van der Waals surface area contributed by atoms with E-state index in [1.54, 1.807) is 16.8 Å². The lowest BCUT2D eigenvalue weighted by Gasteiger charge is -2.39. The first-order valence-corrected chi connectivity index (χ1v) is 11.2. The van der Waals surface area contributed by atoms with E-state index in [2.05, 4.69) is 5.10 Å². The third kappa shape index (κ3) is 4.99. The van der Waals surface area contributed by atoms with Crippen molar-refractivity contribution >= 4 is 0 Å². The Bertz CT molecular complexity index is 976. The van der Waals surface area contributed by atoms with Crippen LogP contribution in [0.25, 0.3) is 0 Å². The van der Waals surface area contributed by atoms with Crippen LogP contribution < -0.4 is 9.47 Å². The van der Waals surface area contributed by atoms with Crippen LogP contribution in [0.15, 0.2) is 18.2 Å². The van der Waals surface area contributed by atoms with E-state index in [1.807, 2.05) is 20.8 Å². The molecule has 0 radical (unpaired) electrons. The molecule has 2 aromatic rings. The molecule has 10 heteroatoms. The summed E-state index contributed by atoms with van der Waals surface area (Å²) in [6.45, 7) is 5.20. The standard InChI is InChI=1S/C23H31FN2O7/c1-11(2)26-12(3)15(8-13-4-7-17(16(24)9-13)31-14-5-6-14)22(25-26)33-23-21(30)20(29)19(28)18(10-27)32-23/h4,7,9,11,14,18-21,23,27-30H,5-6,8,10H2,1-3H3/t18-,19-,20+,21-,23+/m1/s1. The minimum Gasteiger partial charge on any atom is -0.487 e. The second kappa shape index (κ2) is 9.55. The average Bonchev–Trinajstić information content (AvgIpc) is 3.55. The van der Waals surface area contributed by atoms with Gasteiger partial charge in [-0.3, -0.25) is 4.68 Å². The van der Waals surface area contributed by atoms with Crippen LogP contribution in [0.4, 0.5) is 4.39 Å². The Kier molecular flexibility index (Phi) is 6.92. The number of aliphatic hydroxyl groups is 4. The monoisotopic (exact) mass is 466 g/mol. The SMILES string of the molecule is Cc1c(Cc2ccc(OC3CC3)c(F)c2)c(O[C@@H]2O[C@H](CO)[C@@H](O)[C@H](O)[C@H]2O)nn1C(C)C. The second-order valence-corrected chi connectivity index (χ2v) is 8.98. The fourth-order valence-corrected chi connectivity index (χ4v) is 3.92. The number of nitrogens with zero attached hydrogens (tertiary/aromatic N) is 2. The predicted molar refractivity (Wildman–Crippen MR) is 115 cm³/mol. The van der Waals surface area contributed by atoms with Gasteiger partial charge >= 0.3 is 0 Å². The summed E-state index contributed by atoms with van der Waals surface area (Å²) in [4.78, 5) is 0. The minimum absolute atomic E-state index is 0.00181. The van der Waals surface area contributed by atoms with Gasteiger partial charge < -0.3 is 34.6 Å². The molecule has 9 nitrogen and oxygen atoms in total. The molecule has 2 heterocycles. The Morgan fingerprint density at radius 1 is 1.15 bits per heavy atom. The summed E-state index contributed by atoms with van der Waals surface area (Å²) in [5, 5.41) is 44.4. The lowest BCUT2D eigenvalue weighted by molar-refractivity contribution is -0.278. The smallest absolute Gasteiger partial charge is 0.239 e. The van der Waals surface area contributed by atoms with Crippen molar-refractivity contribution in [3.8, 4) is 11.6 Å². The van der Waals surface area contributed by atoms with E-state index in [-0.39, 0.29) is 23.8 Å². The van der Waals surface area contributed by atoms with Crippen LogP contribution in [-0.4, -0.2) is 73.6 Å². The van der Waals surface area contributed by atoms with Gasteiger partial charge in [0, 0.05) is 23.7 Å². The summed E-state index contributed by atoms with van der Waals surface area (Å²) in [6.07, 6.45) is -4.80. The molecule has 182 valence electrons. The Labute approximate surface area is 191 Å². The molecule has 1 aliphatic carbocycles. The highest BCUT2D eigenvalue weighted by molar-refractivity contribution is 5.39. The van der Waals surface area contributed by atoms with Crippen molar-refractivity contribution in [2.24, 2.45) is 0 Å². The Morgan fingerprint density at radius 2 is 1.88 bits per heavy atom. The zero-order valence-electron chi connectivity index (χ0n) is 18.9. The molecule has 0 unspecified atom stereocenters. The van der Waals surface area contributed by atoms with E-state index >= 15 is 0 Å². The van der Waals surface area contributed by atoms with Crippen molar-refractivity contribution in [1.82, 2.24) is 9.78 Å². The highest BCUT2D eigenvalue weighted by atomic mass is 19.1. The Morgan fingerprint density at radius 3 is 2.48 bits per heavy atom. The summed E-state index contributed by atoms with van der Waals surface area (Å²) in [7, 11) is 0. The highest BCUT2D eigenvalue weighted by Gasteiger charge is 2.45. The van der Waals surface area contributed by atoms with Crippen LogP contribution in [0, 0.1) is 12.7 Å². The largest absolute Gasteiger partial charge is 0.487 e. The van der Waals surface area contributed by atoms with Crippen molar-refractivity contribution in [2.75, 3.05) is 6.61 Å². The fraction of sp³-hybridized carbons (Fsp3) is 0.609. The molecule has 1 aromatic carbocycles. The summed E-state index contributed by atoms with van der Waals surface area (Å²) in [5.41, 5.74) is 2.14. The topological polar surface area (TPSA) is 126 Å². The molecule has 1 saturated heterocycles. The van der Waals surface area contributed by atoms with Gasteiger partial charge in [0.15, 0.2) is 11.6 Å². The van der Waals surface area contributed by atoms with Crippen molar-refractivity contribution in [3.63, 3.8) is 0 Å². The molecule has 0 amide bonds. The molecule has 4 rings (SSSR count).